The Morgan fingerprint density at radius 1 is 1.22 bits per heavy atom. The van der Waals surface area contributed by atoms with Crippen molar-refractivity contribution in [3.05, 3.63) is 69.0 Å². The summed E-state index contributed by atoms with van der Waals surface area (Å²) in [5.74, 6) is -1.82. The highest BCUT2D eigenvalue weighted by Crippen LogP contribution is 2.58. The molecule has 37 heavy (non-hydrogen) atoms. The number of amides is 3. The van der Waals surface area contributed by atoms with Crippen LogP contribution in [0.3, 0.4) is 0 Å². The number of hydrogen-bond donors (Lipinski definition) is 2. The maximum atomic E-state index is 16.2. The summed E-state index contributed by atoms with van der Waals surface area (Å²) in [4.78, 5) is 40.9. The van der Waals surface area contributed by atoms with Crippen molar-refractivity contribution in [3.8, 4) is 0 Å². The van der Waals surface area contributed by atoms with Gasteiger partial charge >= 0.3 is 0 Å². The zero-order chi connectivity index (χ0) is 26.1. The smallest absolute Gasteiger partial charge is 0.255 e. The number of halogens is 2. The van der Waals surface area contributed by atoms with Gasteiger partial charge in [0, 0.05) is 53.2 Å². The number of fused-ring (bicyclic) bond motifs is 4. The lowest BCUT2D eigenvalue weighted by molar-refractivity contribution is -0.137. The molecule has 0 spiro atoms. The zero-order valence-electron chi connectivity index (χ0n) is 20.7. The molecule has 9 heteroatoms. The minimum absolute atomic E-state index is 0.0442. The van der Waals surface area contributed by atoms with Crippen molar-refractivity contribution in [1.82, 2.24) is 15.1 Å². The molecule has 2 aromatic carbocycles. The van der Waals surface area contributed by atoms with E-state index in [9.17, 15) is 19.5 Å². The third kappa shape index (κ3) is 3.64. The minimum atomic E-state index is -1.34. The Kier molecular flexibility index (Phi) is 5.71. The summed E-state index contributed by atoms with van der Waals surface area (Å²) in [5, 5.41) is 15.1. The monoisotopic (exact) mass is 525 g/mol. The van der Waals surface area contributed by atoms with Gasteiger partial charge in [0.15, 0.2) is 0 Å². The van der Waals surface area contributed by atoms with Crippen molar-refractivity contribution in [2.24, 2.45) is 5.41 Å². The van der Waals surface area contributed by atoms with Gasteiger partial charge in [0.1, 0.15) is 17.5 Å². The van der Waals surface area contributed by atoms with E-state index in [1.54, 1.807) is 6.07 Å². The third-order valence-electron chi connectivity index (χ3n) is 8.99. The maximum Gasteiger partial charge on any atom is 0.255 e. The largest absolute Gasteiger partial charge is 0.384 e. The topological polar surface area (TPSA) is 89.9 Å². The van der Waals surface area contributed by atoms with Crippen LogP contribution in [0.25, 0.3) is 0 Å². The maximum absolute atomic E-state index is 16.2. The van der Waals surface area contributed by atoms with Crippen molar-refractivity contribution in [3.63, 3.8) is 0 Å². The second kappa shape index (κ2) is 8.61. The minimum Gasteiger partial charge on any atom is -0.384 e. The Balaban J connectivity index is 1.30. The van der Waals surface area contributed by atoms with Gasteiger partial charge in [-0.05, 0) is 55.0 Å². The highest BCUT2D eigenvalue weighted by Gasteiger charge is 2.60. The summed E-state index contributed by atoms with van der Waals surface area (Å²) in [6, 6.07) is 8.65. The number of piperidine rings is 2. The lowest BCUT2D eigenvalue weighted by atomic mass is 9.66. The predicted molar refractivity (Wildman–Crippen MR) is 134 cm³/mol. The van der Waals surface area contributed by atoms with Crippen LogP contribution in [-0.4, -0.2) is 51.8 Å². The second-order valence-corrected chi connectivity index (χ2v) is 11.3. The number of rotatable bonds is 4. The molecule has 7 nitrogen and oxygen atoms in total. The van der Waals surface area contributed by atoms with Gasteiger partial charge in [-0.25, -0.2) is 4.39 Å². The van der Waals surface area contributed by atoms with Crippen LogP contribution in [0.2, 0.25) is 5.02 Å². The molecule has 3 unspecified atom stereocenters. The van der Waals surface area contributed by atoms with Gasteiger partial charge in [0.25, 0.3) is 5.91 Å². The third-order valence-corrected chi connectivity index (χ3v) is 9.24. The average molecular weight is 526 g/mol. The van der Waals surface area contributed by atoms with Crippen LogP contribution >= 0.6 is 11.6 Å². The number of hydrogen-bond acceptors (Lipinski definition) is 5. The number of aliphatic hydroxyl groups is 1. The van der Waals surface area contributed by atoms with E-state index >= 15 is 4.39 Å². The first kappa shape index (κ1) is 24.5. The molecule has 2 aromatic rings. The summed E-state index contributed by atoms with van der Waals surface area (Å²) in [6.45, 7) is 3.92. The van der Waals surface area contributed by atoms with Crippen molar-refractivity contribution in [1.29, 1.82) is 0 Å². The summed E-state index contributed by atoms with van der Waals surface area (Å²) in [7, 11) is 0. The van der Waals surface area contributed by atoms with Crippen LogP contribution in [0.4, 0.5) is 4.39 Å². The molecule has 3 atom stereocenters. The summed E-state index contributed by atoms with van der Waals surface area (Å²) in [5.41, 5.74) is 0.704. The SMILES string of the molecule is CCC12Cc3cc4c(c(F)c3C1(O)CCN(Cc1ccc(Cl)cc1)C2)CN(C1CCC(=O)NC1=O)C4=O. The first-order valence-electron chi connectivity index (χ1n) is 12.8. The molecular weight excluding hydrogens is 497 g/mol. The fourth-order valence-corrected chi connectivity index (χ4v) is 7.12. The molecule has 2 N–H and O–H groups in total. The molecule has 4 aliphatic rings. The Labute approximate surface area is 219 Å². The number of carbonyl (C=O) groups is 3. The van der Waals surface area contributed by atoms with Crippen LogP contribution in [0.5, 0.6) is 0 Å². The first-order chi connectivity index (χ1) is 17.7. The van der Waals surface area contributed by atoms with Crippen molar-refractivity contribution in [2.75, 3.05) is 13.1 Å². The molecule has 2 fully saturated rings. The number of nitrogens with one attached hydrogen (secondary N) is 1. The van der Waals surface area contributed by atoms with Crippen LogP contribution in [0.15, 0.2) is 30.3 Å². The van der Waals surface area contributed by atoms with Crippen molar-refractivity contribution in [2.45, 2.75) is 63.8 Å². The fourth-order valence-electron chi connectivity index (χ4n) is 7.00. The molecule has 0 radical (unpaired) electrons. The van der Waals surface area contributed by atoms with E-state index in [2.05, 4.69) is 10.2 Å². The van der Waals surface area contributed by atoms with Gasteiger partial charge < -0.3 is 10.0 Å². The van der Waals surface area contributed by atoms with Crippen LogP contribution in [-0.2, 0) is 34.7 Å². The van der Waals surface area contributed by atoms with Gasteiger partial charge in [-0.2, -0.15) is 0 Å². The van der Waals surface area contributed by atoms with Crippen LogP contribution in [0, 0.1) is 11.2 Å². The fraction of sp³-hybridized carbons (Fsp3) is 0.464. The average Bonchev–Trinajstić information content (AvgIpc) is 3.33. The zero-order valence-corrected chi connectivity index (χ0v) is 21.4. The standard InChI is InChI=1S/C28H29ClFN3O4/c1-2-27-12-17-11-19-20(14-33(26(19)36)21-7-8-22(34)31-25(21)35)24(30)23(17)28(27,37)9-10-32(15-27)13-16-3-5-18(29)6-4-16/h3-6,11,21,37H,2,7-10,12-15H2,1H3,(H,31,34,35). The summed E-state index contributed by atoms with van der Waals surface area (Å²) < 4.78 is 16.2. The molecule has 1 aliphatic carbocycles. The molecular formula is C28H29ClFN3O4. The molecule has 2 saturated heterocycles. The highest BCUT2D eigenvalue weighted by atomic mass is 35.5. The van der Waals surface area contributed by atoms with Gasteiger partial charge in [-0.1, -0.05) is 30.7 Å². The first-order valence-corrected chi connectivity index (χ1v) is 13.2. The van der Waals surface area contributed by atoms with E-state index in [0.29, 0.717) is 55.0 Å². The molecule has 3 heterocycles. The molecule has 3 aliphatic heterocycles. The van der Waals surface area contributed by atoms with Gasteiger partial charge in [0.2, 0.25) is 11.8 Å². The normalized spacial score (nSPS) is 29.2. The summed E-state index contributed by atoms with van der Waals surface area (Å²) >= 11 is 6.03. The van der Waals surface area contributed by atoms with E-state index in [1.165, 1.54) is 4.90 Å². The van der Waals surface area contributed by atoms with Crippen molar-refractivity contribution >= 4 is 29.3 Å². The van der Waals surface area contributed by atoms with E-state index in [4.69, 9.17) is 11.6 Å². The number of imide groups is 1. The van der Waals surface area contributed by atoms with Crippen LogP contribution in [0.1, 0.15) is 65.2 Å². The van der Waals surface area contributed by atoms with E-state index in [0.717, 1.165) is 5.56 Å². The van der Waals surface area contributed by atoms with Crippen molar-refractivity contribution < 1.29 is 23.9 Å². The van der Waals surface area contributed by atoms with E-state index in [1.807, 2.05) is 31.2 Å². The summed E-state index contributed by atoms with van der Waals surface area (Å²) in [6.07, 6.45) is 1.89. The molecule has 6 rings (SSSR count). The lowest BCUT2D eigenvalue weighted by Gasteiger charge is -2.50. The number of nitrogens with zero attached hydrogens (tertiary/aromatic N) is 2. The van der Waals surface area contributed by atoms with E-state index in [-0.39, 0.29) is 36.4 Å². The quantitative estimate of drug-likeness (QED) is 0.598. The Morgan fingerprint density at radius 2 is 1.97 bits per heavy atom. The molecule has 0 aromatic heterocycles. The Morgan fingerprint density at radius 3 is 2.68 bits per heavy atom. The molecule has 194 valence electrons. The highest BCUT2D eigenvalue weighted by molar-refractivity contribution is 6.30. The number of carbonyl (C=O) groups excluding carboxylic acids is 3. The molecule has 3 amide bonds. The number of benzene rings is 2. The van der Waals surface area contributed by atoms with Gasteiger partial charge in [0.05, 0.1) is 6.54 Å². The number of likely N-dealkylation sites (tertiary alicyclic amines) is 1. The van der Waals surface area contributed by atoms with Gasteiger partial charge in [-0.3, -0.25) is 24.6 Å². The second-order valence-electron chi connectivity index (χ2n) is 10.9. The molecule has 0 bridgehead atoms. The Hall–Kier alpha value is -2.81. The van der Waals surface area contributed by atoms with Crippen LogP contribution < -0.4 is 5.32 Å². The Bertz CT molecular complexity index is 1330. The van der Waals surface area contributed by atoms with E-state index < -0.39 is 34.7 Å². The molecule has 0 saturated carbocycles. The predicted octanol–water partition coefficient (Wildman–Crippen LogP) is 3.29. The van der Waals surface area contributed by atoms with Gasteiger partial charge in [-0.15, -0.1) is 0 Å². The lowest BCUT2D eigenvalue weighted by Crippen LogP contribution is -2.56.